The maximum Gasteiger partial charge on any atom is 0.106 e. The number of nitrogens with one attached hydrogen (secondary N) is 2. The van der Waals surface area contributed by atoms with Crippen molar-refractivity contribution in [2.24, 2.45) is 0 Å². The normalized spacial score (nSPS) is 12.2. The molecule has 19 heavy (non-hydrogen) atoms. The third-order valence-electron chi connectivity index (χ3n) is 3.31. The van der Waals surface area contributed by atoms with Crippen LogP contribution in [0.2, 0.25) is 0 Å². The largest absolute Gasteiger partial charge is 0.382 e. The van der Waals surface area contributed by atoms with E-state index in [2.05, 4.69) is 54.2 Å². The minimum atomic E-state index is 0.445. The SMILES string of the molecule is CCCCC(CCC)Nc1cc(C)ccc1C(=N)Br. The van der Waals surface area contributed by atoms with E-state index in [-0.39, 0.29) is 0 Å². The number of anilines is 1. The number of rotatable bonds is 8. The number of hydrogen-bond acceptors (Lipinski definition) is 2. The van der Waals surface area contributed by atoms with Gasteiger partial charge in [-0.05, 0) is 53.4 Å². The summed E-state index contributed by atoms with van der Waals surface area (Å²) in [6.45, 7) is 6.55. The molecular weight excluding hydrogens is 300 g/mol. The van der Waals surface area contributed by atoms with E-state index in [0.29, 0.717) is 10.7 Å². The molecule has 0 radical (unpaired) electrons. The minimum Gasteiger partial charge on any atom is -0.382 e. The second kappa shape index (κ2) is 8.36. The molecule has 0 aliphatic heterocycles. The van der Waals surface area contributed by atoms with Crippen LogP contribution in [0.3, 0.4) is 0 Å². The highest BCUT2D eigenvalue weighted by molar-refractivity contribution is 9.18. The van der Waals surface area contributed by atoms with Gasteiger partial charge in [-0.2, -0.15) is 0 Å². The third kappa shape index (κ3) is 5.35. The highest BCUT2D eigenvalue weighted by atomic mass is 79.9. The van der Waals surface area contributed by atoms with Gasteiger partial charge in [-0.3, -0.25) is 5.41 Å². The van der Waals surface area contributed by atoms with Gasteiger partial charge in [0.2, 0.25) is 0 Å². The Kier molecular flexibility index (Phi) is 7.14. The second-order valence-electron chi connectivity index (χ2n) is 5.14. The van der Waals surface area contributed by atoms with Crippen LogP contribution in [0.5, 0.6) is 0 Å². The number of hydrogen-bond donors (Lipinski definition) is 2. The van der Waals surface area contributed by atoms with Gasteiger partial charge in [0.05, 0.1) is 0 Å². The summed E-state index contributed by atoms with van der Waals surface area (Å²) in [6.07, 6.45) is 6.06. The average molecular weight is 325 g/mol. The van der Waals surface area contributed by atoms with Crippen molar-refractivity contribution in [2.75, 3.05) is 5.32 Å². The van der Waals surface area contributed by atoms with Gasteiger partial charge in [0.15, 0.2) is 0 Å². The van der Waals surface area contributed by atoms with Gasteiger partial charge < -0.3 is 5.32 Å². The van der Waals surface area contributed by atoms with E-state index in [1.54, 1.807) is 0 Å². The minimum absolute atomic E-state index is 0.445. The molecule has 2 N–H and O–H groups in total. The van der Waals surface area contributed by atoms with Crippen molar-refractivity contribution in [1.29, 1.82) is 5.41 Å². The zero-order valence-electron chi connectivity index (χ0n) is 12.2. The summed E-state index contributed by atoms with van der Waals surface area (Å²) in [5.41, 5.74) is 3.25. The molecule has 0 amide bonds. The molecule has 0 heterocycles. The topological polar surface area (TPSA) is 35.9 Å². The number of unbranched alkanes of at least 4 members (excludes halogenated alkanes) is 1. The molecular formula is C16H25BrN2. The van der Waals surface area contributed by atoms with Crippen LogP contribution in [0.4, 0.5) is 5.69 Å². The van der Waals surface area contributed by atoms with Crippen LogP contribution >= 0.6 is 15.9 Å². The predicted molar refractivity (Wildman–Crippen MR) is 88.8 cm³/mol. The lowest BCUT2D eigenvalue weighted by Gasteiger charge is -2.21. The molecule has 1 aromatic rings. The second-order valence-corrected chi connectivity index (χ2v) is 5.93. The fourth-order valence-electron chi connectivity index (χ4n) is 2.28. The molecule has 1 atom stereocenters. The monoisotopic (exact) mass is 324 g/mol. The molecule has 0 aliphatic rings. The van der Waals surface area contributed by atoms with E-state index in [4.69, 9.17) is 5.41 Å². The zero-order chi connectivity index (χ0) is 14.3. The molecule has 0 aromatic heterocycles. The summed E-state index contributed by atoms with van der Waals surface area (Å²) in [5, 5.41) is 11.4. The summed E-state index contributed by atoms with van der Waals surface area (Å²) in [7, 11) is 0. The Morgan fingerprint density at radius 2 is 2.00 bits per heavy atom. The fourth-order valence-corrected chi connectivity index (χ4v) is 2.62. The molecule has 106 valence electrons. The van der Waals surface area contributed by atoms with Gasteiger partial charge in [-0.1, -0.05) is 39.2 Å². The van der Waals surface area contributed by atoms with Crippen LogP contribution in [-0.2, 0) is 0 Å². The van der Waals surface area contributed by atoms with Gasteiger partial charge in [0.1, 0.15) is 4.62 Å². The molecule has 0 aliphatic carbocycles. The Morgan fingerprint density at radius 3 is 2.58 bits per heavy atom. The molecule has 2 nitrogen and oxygen atoms in total. The van der Waals surface area contributed by atoms with E-state index in [0.717, 1.165) is 11.3 Å². The number of aryl methyl sites for hydroxylation is 1. The average Bonchev–Trinajstić information content (AvgIpc) is 2.36. The first-order chi connectivity index (χ1) is 9.08. The number of benzene rings is 1. The first-order valence-electron chi connectivity index (χ1n) is 7.20. The van der Waals surface area contributed by atoms with Crippen molar-refractivity contribution in [1.82, 2.24) is 0 Å². The molecule has 3 heteroatoms. The van der Waals surface area contributed by atoms with Crippen molar-refractivity contribution < 1.29 is 0 Å². The molecule has 1 rings (SSSR count). The van der Waals surface area contributed by atoms with Crippen molar-refractivity contribution >= 4 is 26.2 Å². The van der Waals surface area contributed by atoms with E-state index in [9.17, 15) is 0 Å². The van der Waals surface area contributed by atoms with Crippen LogP contribution in [-0.4, -0.2) is 10.7 Å². The van der Waals surface area contributed by atoms with Crippen LogP contribution in [0.1, 0.15) is 57.1 Å². The Bertz CT molecular complexity index is 415. The molecule has 0 spiro atoms. The first-order valence-corrected chi connectivity index (χ1v) is 7.99. The first kappa shape index (κ1) is 16.2. The predicted octanol–water partition coefficient (Wildman–Crippen LogP) is 5.49. The maximum atomic E-state index is 7.81. The van der Waals surface area contributed by atoms with Crippen LogP contribution < -0.4 is 5.32 Å². The highest BCUT2D eigenvalue weighted by Crippen LogP contribution is 2.23. The van der Waals surface area contributed by atoms with Crippen molar-refractivity contribution in [3.8, 4) is 0 Å². The smallest absolute Gasteiger partial charge is 0.106 e. The summed E-state index contributed by atoms with van der Waals surface area (Å²) >= 11 is 3.28. The molecule has 1 unspecified atom stereocenters. The van der Waals surface area contributed by atoms with Gasteiger partial charge >= 0.3 is 0 Å². The molecule has 0 saturated carbocycles. The van der Waals surface area contributed by atoms with Crippen molar-refractivity contribution in [3.05, 3.63) is 29.3 Å². The summed E-state index contributed by atoms with van der Waals surface area (Å²) in [5.74, 6) is 0. The standard InChI is InChI=1S/C16H25BrN2/c1-4-6-8-13(7-5-2)19-15-11-12(3)9-10-14(15)16(17)18/h9-11,13,18-19H,4-8H2,1-3H3. The lowest BCUT2D eigenvalue weighted by atomic mass is 10.0. The number of halogens is 1. The molecule has 0 fully saturated rings. The lowest BCUT2D eigenvalue weighted by molar-refractivity contribution is 0.564. The van der Waals surface area contributed by atoms with Crippen molar-refractivity contribution in [2.45, 2.75) is 58.9 Å². The Morgan fingerprint density at radius 1 is 1.26 bits per heavy atom. The Hall–Kier alpha value is -0.830. The van der Waals surface area contributed by atoms with Crippen molar-refractivity contribution in [3.63, 3.8) is 0 Å². The van der Waals surface area contributed by atoms with E-state index in [1.807, 2.05) is 6.07 Å². The van der Waals surface area contributed by atoms with Gasteiger partial charge in [0, 0.05) is 17.3 Å². The zero-order valence-corrected chi connectivity index (χ0v) is 13.8. The summed E-state index contributed by atoms with van der Waals surface area (Å²) in [6, 6.07) is 6.71. The highest BCUT2D eigenvalue weighted by Gasteiger charge is 2.11. The Balaban J connectivity index is 2.87. The summed E-state index contributed by atoms with van der Waals surface area (Å²) in [4.78, 5) is 0. The van der Waals surface area contributed by atoms with E-state index < -0.39 is 0 Å². The van der Waals surface area contributed by atoms with Crippen LogP contribution in [0.25, 0.3) is 0 Å². The third-order valence-corrected chi connectivity index (χ3v) is 3.74. The quantitative estimate of drug-likeness (QED) is 0.609. The molecule has 0 bridgehead atoms. The molecule has 0 saturated heterocycles. The lowest BCUT2D eigenvalue weighted by Crippen LogP contribution is -2.20. The summed E-state index contributed by atoms with van der Waals surface area (Å²) < 4.78 is 0.445. The maximum absolute atomic E-state index is 7.81. The fraction of sp³-hybridized carbons (Fsp3) is 0.562. The van der Waals surface area contributed by atoms with Gasteiger partial charge in [-0.15, -0.1) is 0 Å². The molecule has 1 aromatic carbocycles. The van der Waals surface area contributed by atoms with Gasteiger partial charge in [-0.25, -0.2) is 0 Å². The Labute approximate surface area is 125 Å². The van der Waals surface area contributed by atoms with Crippen LogP contribution in [0.15, 0.2) is 18.2 Å². The van der Waals surface area contributed by atoms with Crippen LogP contribution in [0, 0.1) is 12.3 Å². The van der Waals surface area contributed by atoms with E-state index in [1.165, 1.54) is 37.7 Å². The van der Waals surface area contributed by atoms with Gasteiger partial charge in [0.25, 0.3) is 0 Å². The van der Waals surface area contributed by atoms with E-state index >= 15 is 0 Å².